The molecule has 112 valence electrons. The number of rotatable bonds is 4. The molecule has 2 N–H and O–H groups in total. The van der Waals surface area contributed by atoms with Gasteiger partial charge in [-0.15, -0.1) is 0 Å². The molecule has 0 saturated heterocycles. The first-order valence-corrected chi connectivity index (χ1v) is 7.09. The summed E-state index contributed by atoms with van der Waals surface area (Å²) in [6.07, 6.45) is 3.15. The van der Waals surface area contributed by atoms with Crippen LogP contribution in [0.3, 0.4) is 0 Å². The van der Waals surface area contributed by atoms with Crippen molar-refractivity contribution < 1.29 is 14.2 Å². The molecule has 1 aromatic rings. The van der Waals surface area contributed by atoms with Crippen molar-refractivity contribution in [2.45, 2.75) is 45.3 Å². The van der Waals surface area contributed by atoms with Crippen molar-refractivity contribution >= 4 is 0 Å². The molecule has 0 radical (unpaired) electrons. The van der Waals surface area contributed by atoms with Crippen molar-refractivity contribution in [3.05, 3.63) is 18.2 Å². The molecular weight excluding hydrogens is 254 g/mol. The van der Waals surface area contributed by atoms with E-state index in [4.69, 9.17) is 19.9 Å². The van der Waals surface area contributed by atoms with Gasteiger partial charge in [0.15, 0.2) is 0 Å². The second-order valence-electron chi connectivity index (χ2n) is 6.28. The highest BCUT2D eigenvalue weighted by Crippen LogP contribution is 2.37. The molecule has 2 rings (SSSR count). The fourth-order valence-electron chi connectivity index (χ4n) is 2.69. The second kappa shape index (κ2) is 5.92. The number of ether oxygens (including phenoxy) is 3. The maximum atomic E-state index is 6.20. The first-order valence-electron chi connectivity index (χ1n) is 7.09. The molecule has 20 heavy (non-hydrogen) atoms. The zero-order valence-corrected chi connectivity index (χ0v) is 12.8. The van der Waals surface area contributed by atoms with Crippen molar-refractivity contribution in [3.63, 3.8) is 0 Å². The first-order chi connectivity index (χ1) is 9.43. The molecule has 0 aliphatic heterocycles. The van der Waals surface area contributed by atoms with Crippen molar-refractivity contribution in [1.82, 2.24) is 0 Å². The summed E-state index contributed by atoms with van der Waals surface area (Å²) in [5.41, 5.74) is 6.48. The van der Waals surface area contributed by atoms with E-state index in [0.29, 0.717) is 0 Å². The normalized spacial score (nSPS) is 25.1. The Hall–Kier alpha value is -1.42. The van der Waals surface area contributed by atoms with E-state index >= 15 is 0 Å². The molecule has 0 bridgehead atoms. The molecule has 0 aromatic heterocycles. The van der Waals surface area contributed by atoms with E-state index in [1.165, 1.54) is 0 Å². The fourth-order valence-corrected chi connectivity index (χ4v) is 2.69. The van der Waals surface area contributed by atoms with Crippen molar-refractivity contribution in [1.29, 1.82) is 0 Å². The predicted octanol–water partition coefficient (Wildman–Crippen LogP) is 2.99. The Morgan fingerprint density at radius 1 is 1.05 bits per heavy atom. The van der Waals surface area contributed by atoms with E-state index < -0.39 is 0 Å². The van der Waals surface area contributed by atoms with Crippen LogP contribution in [0.25, 0.3) is 0 Å². The minimum atomic E-state index is 0.0376. The van der Waals surface area contributed by atoms with Crippen molar-refractivity contribution in [2.24, 2.45) is 11.1 Å². The molecule has 4 nitrogen and oxygen atoms in total. The SMILES string of the molecule is COc1cc(OC)cc(OC2CC(C)(C)CCC2N)c1. The van der Waals surface area contributed by atoms with Gasteiger partial charge in [0, 0.05) is 24.2 Å². The first kappa shape index (κ1) is 15.0. The lowest BCUT2D eigenvalue weighted by atomic mass is 9.74. The van der Waals surface area contributed by atoms with E-state index in [9.17, 15) is 0 Å². The Morgan fingerprint density at radius 2 is 1.60 bits per heavy atom. The number of nitrogens with two attached hydrogens (primary N) is 1. The second-order valence-corrected chi connectivity index (χ2v) is 6.28. The lowest BCUT2D eigenvalue weighted by molar-refractivity contribution is 0.0666. The summed E-state index contributed by atoms with van der Waals surface area (Å²) >= 11 is 0. The Morgan fingerprint density at radius 3 is 2.15 bits per heavy atom. The quantitative estimate of drug-likeness (QED) is 0.920. The molecule has 2 unspecified atom stereocenters. The van der Waals surface area contributed by atoms with Gasteiger partial charge < -0.3 is 19.9 Å². The van der Waals surface area contributed by atoms with Crippen LogP contribution >= 0.6 is 0 Å². The maximum absolute atomic E-state index is 6.20. The van der Waals surface area contributed by atoms with Gasteiger partial charge in [0.2, 0.25) is 0 Å². The van der Waals surface area contributed by atoms with Crippen LogP contribution in [-0.4, -0.2) is 26.4 Å². The molecule has 1 saturated carbocycles. The van der Waals surface area contributed by atoms with E-state index in [1.807, 2.05) is 18.2 Å². The highest BCUT2D eigenvalue weighted by Gasteiger charge is 2.34. The summed E-state index contributed by atoms with van der Waals surface area (Å²) < 4.78 is 16.6. The number of hydrogen-bond acceptors (Lipinski definition) is 4. The third-order valence-electron chi connectivity index (χ3n) is 4.00. The molecule has 0 heterocycles. The van der Waals surface area contributed by atoms with Crippen LogP contribution in [0.2, 0.25) is 0 Å². The third kappa shape index (κ3) is 3.57. The minimum Gasteiger partial charge on any atom is -0.496 e. The van der Waals surface area contributed by atoms with Crippen molar-refractivity contribution in [3.8, 4) is 17.2 Å². The van der Waals surface area contributed by atoms with Gasteiger partial charge in [0.25, 0.3) is 0 Å². The van der Waals surface area contributed by atoms with Gasteiger partial charge in [-0.05, 0) is 24.7 Å². The van der Waals surface area contributed by atoms with Gasteiger partial charge in [0.05, 0.1) is 14.2 Å². The summed E-state index contributed by atoms with van der Waals surface area (Å²) in [5, 5.41) is 0. The monoisotopic (exact) mass is 279 g/mol. The molecule has 0 spiro atoms. The molecule has 0 amide bonds. The maximum Gasteiger partial charge on any atom is 0.127 e. The van der Waals surface area contributed by atoms with Gasteiger partial charge in [-0.3, -0.25) is 0 Å². The standard InChI is InChI=1S/C16H25NO3/c1-16(2)6-5-14(17)15(10-16)20-13-8-11(18-3)7-12(9-13)19-4/h7-9,14-15H,5-6,10,17H2,1-4H3. The topological polar surface area (TPSA) is 53.7 Å². The lowest BCUT2D eigenvalue weighted by Crippen LogP contribution is -2.46. The van der Waals surface area contributed by atoms with Crippen LogP contribution in [-0.2, 0) is 0 Å². The molecule has 1 fully saturated rings. The van der Waals surface area contributed by atoms with E-state index in [-0.39, 0.29) is 17.6 Å². The largest absolute Gasteiger partial charge is 0.496 e. The third-order valence-corrected chi connectivity index (χ3v) is 4.00. The number of methoxy groups -OCH3 is 2. The zero-order chi connectivity index (χ0) is 14.8. The van der Waals surface area contributed by atoms with Crippen molar-refractivity contribution in [2.75, 3.05) is 14.2 Å². The van der Waals surface area contributed by atoms with Crippen LogP contribution in [0, 0.1) is 5.41 Å². The van der Waals surface area contributed by atoms with E-state index in [2.05, 4.69) is 13.8 Å². The van der Waals surface area contributed by atoms with Crippen LogP contribution in [0.15, 0.2) is 18.2 Å². The summed E-state index contributed by atoms with van der Waals surface area (Å²) in [6, 6.07) is 5.66. The summed E-state index contributed by atoms with van der Waals surface area (Å²) in [4.78, 5) is 0. The zero-order valence-electron chi connectivity index (χ0n) is 12.8. The fraction of sp³-hybridized carbons (Fsp3) is 0.625. The van der Waals surface area contributed by atoms with Gasteiger partial charge >= 0.3 is 0 Å². The average Bonchev–Trinajstić information content (AvgIpc) is 2.42. The van der Waals surface area contributed by atoms with Gasteiger partial charge in [-0.2, -0.15) is 0 Å². The molecule has 1 aliphatic carbocycles. The van der Waals surface area contributed by atoms with E-state index in [0.717, 1.165) is 36.5 Å². The molecule has 1 aromatic carbocycles. The van der Waals surface area contributed by atoms with Crippen LogP contribution < -0.4 is 19.9 Å². The van der Waals surface area contributed by atoms with Gasteiger partial charge in [-0.1, -0.05) is 13.8 Å². The van der Waals surface area contributed by atoms with Gasteiger partial charge in [-0.25, -0.2) is 0 Å². The molecule has 2 atom stereocenters. The minimum absolute atomic E-state index is 0.0376. The summed E-state index contributed by atoms with van der Waals surface area (Å²) in [6.45, 7) is 4.53. The number of benzene rings is 1. The molecule has 1 aliphatic rings. The highest BCUT2D eigenvalue weighted by molar-refractivity contribution is 5.42. The van der Waals surface area contributed by atoms with Crippen LogP contribution in [0.4, 0.5) is 0 Å². The molecular formula is C16H25NO3. The van der Waals surface area contributed by atoms with E-state index in [1.54, 1.807) is 14.2 Å². The summed E-state index contributed by atoms with van der Waals surface area (Å²) in [7, 11) is 3.27. The Kier molecular flexibility index (Phi) is 4.43. The van der Waals surface area contributed by atoms with Crippen LogP contribution in [0.5, 0.6) is 17.2 Å². The summed E-state index contributed by atoms with van der Waals surface area (Å²) in [5.74, 6) is 2.20. The Bertz CT molecular complexity index is 437. The average molecular weight is 279 g/mol. The highest BCUT2D eigenvalue weighted by atomic mass is 16.5. The van der Waals surface area contributed by atoms with Gasteiger partial charge in [0.1, 0.15) is 23.4 Å². The Balaban J connectivity index is 2.15. The molecule has 4 heteroatoms. The number of hydrogen-bond donors (Lipinski definition) is 1. The smallest absolute Gasteiger partial charge is 0.127 e. The lowest BCUT2D eigenvalue weighted by Gasteiger charge is -2.39. The van der Waals surface area contributed by atoms with Crippen LogP contribution in [0.1, 0.15) is 33.1 Å². The Labute approximate surface area is 121 Å². The predicted molar refractivity (Wildman–Crippen MR) is 79.6 cm³/mol.